The first-order chi connectivity index (χ1) is 10.0. The smallest absolute Gasteiger partial charge is 0.308 e. The summed E-state index contributed by atoms with van der Waals surface area (Å²) in [5, 5.41) is 9.50. The molecule has 2 bridgehead atoms. The van der Waals surface area contributed by atoms with Crippen molar-refractivity contribution in [1.82, 2.24) is 4.90 Å². The summed E-state index contributed by atoms with van der Waals surface area (Å²) in [6, 6.07) is 6.74. The van der Waals surface area contributed by atoms with Crippen molar-refractivity contribution in [1.29, 1.82) is 0 Å². The van der Waals surface area contributed by atoms with E-state index in [1.165, 1.54) is 4.90 Å². The topological polar surface area (TPSA) is 74.7 Å². The highest BCUT2D eigenvalue weighted by Crippen LogP contribution is 2.56. The fourth-order valence-electron chi connectivity index (χ4n) is 4.51. The molecule has 0 aromatic heterocycles. The minimum Gasteiger partial charge on any atom is -0.481 e. The van der Waals surface area contributed by atoms with Crippen LogP contribution in [0.5, 0.6) is 0 Å². The number of rotatable bonds is 2. The van der Waals surface area contributed by atoms with E-state index in [4.69, 9.17) is 0 Å². The molecule has 5 nitrogen and oxygen atoms in total. The van der Waals surface area contributed by atoms with Crippen molar-refractivity contribution in [3.05, 3.63) is 35.4 Å². The fraction of sp³-hybridized carbons (Fsp3) is 0.438. The third-order valence-corrected chi connectivity index (χ3v) is 5.38. The van der Waals surface area contributed by atoms with Gasteiger partial charge in [0.1, 0.15) is 0 Å². The predicted molar refractivity (Wildman–Crippen MR) is 72.8 cm³/mol. The Balaban J connectivity index is 1.83. The molecule has 2 saturated carbocycles. The zero-order valence-corrected chi connectivity index (χ0v) is 11.4. The molecule has 0 spiro atoms. The van der Waals surface area contributed by atoms with Gasteiger partial charge in [-0.25, -0.2) is 0 Å². The Labute approximate surface area is 121 Å². The second-order valence-corrected chi connectivity index (χ2v) is 6.33. The van der Waals surface area contributed by atoms with Crippen LogP contribution in [0, 0.1) is 11.8 Å². The minimum absolute atomic E-state index is 0.315. The zero-order chi connectivity index (χ0) is 14.8. The van der Waals surface area contributed by atoms with Crippen LogP contribution < -0.4 is 0 Å². The van der Waals surface area contributed by atoms with Crippen LogP contribution in [0.15, 0.2) is 24.3 Å². The summed E-state index contributed by atoms with van der Waals surface area (Å²) in [5.41, 5.74) is -0.0170. The lowest BCUT2D eigenvalue weighted by molar-refractivity contribution is -0.145. The van der Waals surface area contributed by atoms with Crippen molar-refractivity contribution in [2.75, 3.05) is 0 Å². The van der Waals surface area contributed by atoms with Gasteiger partial charge in [-0.15, -0.1) is 0 Å². The summed E-state index contributed by atoms with van der Waals surface area (Å²) in [5.74, 6) is -1.86. The molecule has 0 saturated heterocycles. The van der Waals surface area contributed by atoms with Gasteiger partial charge in [-0.1, -0.05) is 12.1 Å². The van der Waals surface area contributed by atoms with Crippen molar-refractivity contribution >= 4 is 17.8 Å². The lowest BCUT2D eigenvalue weighted by Crippen LogP contribution is -2.55. The van der Waals surface area contributed by atoms with E-state index in [9.17, 15) is 19.5 Å². The van der Waals surface area contributed by atoms with E-state index in [0.29, 0.717) is 36.3 Å². The number of benzene rings is 1. The molecule has 1 aromatic rings. The molecular formula is C16H15NO4. The second kappa shape index (κ2) is 3.93. The van der Waals surface area contributed by atoms with Crippen molar-refractivity contribution < 1.29 is 19.5 Å². The Morgan fingerprint density at radius 1 is 1.19 bits per heavy atom. The highest BCUT2D eigenvalue weighted by molar-refractivity contribution is 6.22. The average Bonchev–Trinajstić information content (AvgIpc) is 3.11. The number of carboxylic acids is 1. The normalized spacial score (nSPS) is 33.6. The van der Waals surface area contributed by atoms with Gasteiger partial charge in [-0.05, 0) is 43.7 Å². The maximum absolute atomic E-state index is 12.7. The van der Waals surface area contributed by atoms with Crippen LogP contribution in [0.1, 0.15) is 46.4 Å². The van der Waals surface area contributed by atoms with Gasteiger partial charge >= 0.3 is 5.97 Å². The van der Waals surface area contributed by atoms with E-state index in [-0.39, 0.29) is 11.8 Å². The van der Waals surface area contributed by atoms with Gasteiger partial charge in [0.2, 0.25) is 0 Å². The fourth-order valence-corrected chi connectivity index (χ4v) is 4.51. The molecule has 2 amide bonds. The first kappa shape index (κ1) is 12.6. The molecule has 1 aromatic carbocycles. The molecular weight excluding hydrogens is 270 g/mol. The van der Waals surface area contributed by atoms with Gasteiger partial charge in [0.05, 0.1) is 22.6 Å². The minimum atomic E-state index is -0.895. The number of carbonyl (C=O) groups excluding carboxylic acids is 2. The highest BCUT2D eigenvalue weighted by Gasteiger charge is 2.62. The monoisotopic (exact) mass is 285 g/mol. The lowest BCUT2D eigenvalue weighted by atomic mass is 9.81. The molecule has 3 atom stereocenters. The maximum atomic E-state index is 12.7. The number of hydrogen-bond acceptors (Lipinski definition) is 3. The number of fused-ring (bicyclic) bond motifs is 3. The summed E-state index contributed by atoms with van der Waals surface area (Å²) in [7, 11) is 0. The number of nitrogens with zero attached hydrogens (tertiary/aromatic N) is 1. The van der Waals surface area contributed by atoms with Gasteiger partial charge in [0.25, 0.3) is 11.8 Å². The first-order valence-electron chi connectivity index (χ1n) is 7.25. The van der Waals surface area contributed by atoms with Crippen LogP contribution >= 0.6 is 0 Å². The lowest BCUT2D eigenvalue weighted by Gasteiger charge is -2.39. The van der Waals surface area contributed by atoms with E-state index >= 15 is 0 Å². The van der Waals surface area contributed by atoms with Gasteiger partial charge in [-0.2, -0.15) is 0 Å². The Morgan fingerprint density at radius 2 is 1.81 bits per heavy atom. The van der Waals surface area contributed by atoms with E-state index < -0.39 is 17.4 Å². The predicted octanol–water partition coefficient (Wildman–Crippen LogP) is 1.93. The summed E-state index contributed by atoms with van der Waals surface area (Å²) in [4.78, 5) is 38.2. The van der Waals surface area contributed by atoms with Crippen molar-refractivity contribution in [3.63, 3.8) is 0 Å². The summed E-state index contributed by atoms with van der Waals surface area (Å²) >= 11 is 0. The molecule has 1 N–H and O–H groups in total. The molecule has 108 valence electrons. The standard InChI is InChI=1S/C16H15NO4/c18-13-10-3-1-2-4-11(10)14(19)17(13)16-6-5-9(8-16)7-12(16)15(20)21/h1-4,9,12H,5-8H2,(H,20,21). The molecule has 1 heterocycles. The molecule has 3 unspecified atom stereocenters. The van der Waals surface area contributed by atoms with Crippen LogP contribution in [0.4, 0.5) is 0 Å². The zero-order valence-electron chi connectivity index (χ0n) is 11.4. The average molecular weight is 285 g/mol. The van der Waals surface area contributed by atoms with Gasteiger partial charge in [-0.3, -0.25) is 19.3 Å². The van der Waals surface area contributed by atoms with Crippen LogP contribution in [-0.4, -0.2) is 33.3 Å². The Bertz CT molecular complexity index is 648. The van der Waals surface area contributed by atoms with E-state index in [2.05, 4.69) is 0 Å². The SMILES string of the molecule is O=C(O)C1CC2CCC1(N1C(=O)c3ccccc3C1=O)C2. The molecule has 1 aliphatic heterocycles. The number of aliphatic carboxylic acids is 1. The van der Waals surface area contributed by atoms with Crippen LogP contribution in [0.3, 0.4) is 0 Å². The number of carboxylic acid groups (broad SMARTS) is 1. The number of hydrogen-bond donors (Lipinski definition) is 1. The van der Waals surface area contributed by atoms with Crippen molar-refractivity contribution in [3.8, 4) is 0 Å². The van der Waals surface area contributed by atoms with Crippen LogP contribution in [-0.2, 0) is 4.79 Å². The van der Waals surface area contributed by atoms with Gasteiger partial charge < -0.3 is 5.11 Å². The van der Waals surface area contributed by atoms with Gasteiger partial charge in [0, 0.05) is 0 Å². The second-order valence-electron chi connectivity index (χ2n) is 6.33. The van der Waals surface area contributed by atoms with Gasteiger partial charge in [0.15, 0.2) is 0 Å². The number of carbonyl (C=O) groups is 3. The summed E-state index contributed by atoms with van der Waals surface area (Å²) < 4.78 is 0. The maximum Gasteiger partial charge on any atom is 0.308 e. The van der Waals surface area contributed by atoms with Crippen molar-refractivity contribution in [2.24, 2.45) is 11.8 Å². The Morgan fingerprint density at radius 3 is 2.33 bits per heavy atom. The summed E-state index contributed by atoms with van der Waals surface area (Å²) in [6.45, 7) is 0. The van der Waals surface area contributed by atoms with Crippen molar-refractivity contribution in [2.45, 2.75) is 31.2 Å². The molecule has 2 fully saturated rings. The van der Waals surface area contributed by atoms with E-state index in [1.54, 1.807) is 24.3 Å². The third-order valence-electron chi connectivity index (χ3n) is 5.38. The molecule has 4 rings (SSSR count). The molecule has 3 aliphatic rings. The van der Waals surface area contributed by atoms with Crippen LogP contribution in [0.25, 0.3) is 0 Å². The quantitative estimate of drug-likeness (QED) is 0.842. The Kier molecular flexibility index (Phi) is 2.35. The number of imide groups is 1. The molecule has 21 heavy (non-hydrogen) atoms. The first-order valence-corrected chi connectivity index (χ1v) is 7.25. The molecule has 5 heteroatoms. The van der Waals surface area contributed by atoms with E-state index in [0.717, 1.165) is 6.42 Å². The van der Waals surface area contributed by atoms with Crippen LogP contribution in [0.2, 0.25) is 0 Å². The summed E-state index contributed by atoms with van der Waals surface area (Å²) in [6.07, 6.45) is 2.72. The Hall–Kier alpha value is -2.17. The molecule has 0 radical (unpaired) electrons. The van der Waals surface area contributed by atoms with E-state index in [1.807, 2.05) is 0 Å². The highest BCUT2D eigenvalue weighted by atomic mass is 16.4. The molecule has 2 aliphatic carbocycles. The number of amides is 2. The third kappa shape index (κ3) is 1.43. The largest absolute Gasteiger partial charge is 0.481 e.